The Bertz CT molecular complexity index is 554. The molecule has 1 aromatic heterocycles. The number of hydrogen-bond acceptors (Lipinski definition) is 4. The van der Waals surface area contributed by atoms with Crippen LogP contribution in [0.25, 0.3) is 5.69 Å². The van der Waals surface area contributed by atoms with Crippen LogP contribution >= 0.6 is 0 Å². The van der Waals surface area contributed by atoms with Crippen LogP contribution in [0.2, 0.25) is 0 Å². The number of rotatable bonds is 6. The summed E-state index contributed by atoms with van der Waals surface area (Å²) in [6.45, 7) is 3.65. The lowest BCUT2D eigenvalue weighted by atomic mass is 10.1. The minimum Gasteiger partial charge on any atom is -0.383 e. The highest BCUT2D eigenvalue weighted by atomic mass is 16.5. The van der Waals surface area contributed by atoms with Crippen molar-refractivity contribution in [2.75, 3.05) is 26.8 Å². The van der Waals surface area contributed by atoms with Gasteiger partial charge in [0, 0.05) is 20.2 Å². The summed E-state index contributed by atoms with van der Waals surface area (Å²) >= 11 is 0. The van der Waals surface area contributed by atoms with Crippen LogP contribution in [0, 0.1) is 0 Å². The van der Waals surface area contributed by atoms with Crippen LogP contribution < -0.4 is 0 Å². The maximum absolute atomic E-state index is 12.6. The number of likely N-dealkylation sites (N-methyl/N-ethyl adjacent to an activating group) is 1. The zero-order valence-corrected chi connectivity index (χ0v) is 11.7. The summed E-state index contributed by atoms with van der Waals surface area (Å²) in [5.41, 5.74) is 1.26. The van der Waals surface area contributed by atoms with E-state index in [2.05, 4.69) is 10.2 Å². The topological polar surface area (TPSA) is 60.2 Å². The first-order valence-electron chi connectivity index (χ1n) is 6.51. The second-order valence-corrected chi connectivity index (χ2v) is 4.21. The van der Waals surface area contributed by atoms with E-state index in [-0.39, 0.29) is 5.91 Å². The molecule has 0 N–H and O–H groups in total. The van der Waals surface area contributed by atoms with Gasteiger partial charge in [0.2, 0.25) is 0 Å². The highest BCUT2D eigenvalue weighted by Gasteiger charge is 2.18. The number of benzene rings is 1. The minimum atomic E-state index is -0.0440. The molecule has 6 nitrogen and oxygen atoms in total. The van der Waals surface area contributed by atoms with Crippen LogP contribution in [0.4, 0.5) is 0 Å². The molecule has 0 fully saturated rings. The SMILES string of the molecule is CCN(CCOC)C(=O)c1ccccc1-n1nccn1. The molecule has 1 aromatic carbocycles. The summed E-state index contributed by atoms with van der Waals surface area (Å²) in [7, 11) is 1.62. The number of amides is 1. The zero-order chi connectivity index (χ0) is 14.4. The van der Waals surface area contributed by atoms with Gasteiger partial charge in [0.1, 0.15) is 0 Å². The van der Waals surface area contributed by atoms with E-state index >= 15 is 0 Å². The van der Waals surface area contributed by atoms with Gasteiger partial charge in [-0.05, 0) is 19.1 Å². The van der Waals surface area contributed by atoms with Crippen LogP contribution in [0.15, 0.2) is 36.7 Å². The fourth-order valence-corrected chi connectivity index (χ4v) is 1.94. The summed E-state index contributed by atoms with van der Waals surface area (Å²) in [5, 5.41) is 8.17. The van der Waals surface area contributed by atoms with E-state index in [1.165, 1.54) is 4.80 Å². The summed E-state index contributed by atoms with van der Waals surface area (Å²) in [5.74, 6) is -0.0440. The quantitative estimate of drug-likeness (QED) is 0.798. The van der Waals surface area contributed by atoms with Crippen molar-refractivity contribution >= 4 is 5.91 Å². The number of nitrogens with zero attached hydrogens (tertiary/aromatic N) is 4. The van der Waals surface area contributed by atoms with E-state index in [0.29, 0.717) is 30.9 Å². The molecule has 0 aliphatic heterocycles. The van der Waals surface area contributed by atoms with Gasteiger partial charge in [-0.2, -0.15) is 15.0 Å². The fourth-order valence-electron chi connectivity index (χ4n) is 1.94. The van der Waals surface area contributed by atoms with Gasteiger partial charge in [-0.1, -0.05) is 12.1 Å². The number of hydrogen-bond donors (Lipinski definition) is 0. The number of carbonyl (C=O) groups excluding carboxylic acids is 1. The molecular formula is C14H18N4O2. The molecule has 0 atom stereocenters. The second kappa shape index (κ2) is 6.81. The lowest BCUT2D eigenvalue weighted by molar-refractivity contribution is 0.0706. The number of carbonyl (C=O) groups is 1. The molecule has 106 valence electrons. The number of para-hydroxylation sites is 1. The van der Waals surface area contributed by atoms with Crippen LogP contribution in [0.5, 0.6) is 0 Å². The lowest BCUT2D eigenvalue weighted by Gasteiger charge is -2.21. The van der Waals surface area contributed by atoms with E-state index in [9.17, 15) is 4.79 Å². The smallest absolute Gasteiger partial charge is 0.256 e. The van der Waals surface area contributed by atoms with Crippen LogP contribution in [-0.2, 0) is 4.74 Å². The summed E-state index contributed by atoms with van der Waals surface area (Å²) in [6.07, 6.45) is 3.17. The van der Waals surface area contributed by atoms with E-state index in [0.717, 1.165) is 0 Å². The maximum Gasteiger partial charge on any atom is 0.256 e. The average Bonchev–Trinajstić information content (AvgIpc) is 3.02. The van der Waals surface area contributed by atoms with E-state index < -0.39 is 0 Å². The molecule has 1 amide bonds. The van der Waals surface area contributed by atoms with Crippen molar-refractivity contribution in [3.63, 3.8) is 0 Å². The highest BCUT2D eigenvalue weighted by Crippen LogP contribution is 2.14. The van der Waals surface area contributed by atoms with Crippen molar-refractivity contribution in [2.24, 2.45) is 0 Å². The predicted molar refractivity (Wildman–Crippen MR) is 74.8 cm³/mol. The minimum absolute atomic E-state index is 0.0440. The normalized spacial score (nSPS) is 10.5. The molecule has 0 unspecified atom stereocenters. The average molecular weight is 274 g/mol. The first kappa shape index (κ1) is 14.2. The van der Waals surface area contributed by atoms with Crippen molar-refractivity contribution in [3.8, 4) is 5.69 Å². The monoisotopic (exact) mass is 274 g/mol. The Labute approximate surface area is 118 Å². The number of methoxy groups -OCH3 is 1. The van der Waals surface area contributed by atoms with Gasteiger partial charge >= 0.3 is 0 Å². The van der Waals surface area contributed by atoms with Crippen molar-refractivity contribution in [3.05, 3.63) is 42.2 Å². The molecule has 0 saturated heterocycles. The molecule has 0 spiro atoms. The first-order valence-corrected chi connectivity index (χ1v) is 6.51. The van der Waals surface area contributed by atoms with Gasteiger partial charge in [0.25, 0.3) is 5.91 Å². The van der Waals surface area contributed by atoms with Gasteiger partial charge in [0.05, 0.1) is 30.3 Å². The molecule has 0 radical (unpaired) electrons. The highest BCUT2D eigenvalue weighted by molar-refractivity contribution is 5.97. The number of aromatic nitrogens is 3. The van der Waals surface area contributed by atoms with E-state index in [1.807, 2.05) is 25.1 Å². The lowest BCUT2D eigenvalue weighted by Crippen LogP contribution is -2.34. The molecule has 1 heterocycles. The molecule has 2 aromatic rings. The number of ether oxygens (including phenoxy) is 1. The zero-order valence-electron chi connectivity index (χ0n) is 11.7. The largest absolute Gasteiger partial charge is 0.383 e. The van der Waals surface area contributed by atoms with Gasteiger partial charge in [-0.25, -0.2) is 0 Å². The van der Waals surface area contributed by atoms with Crippen LogP contribution in [0.1, 0.15) is 17.3 Å². The van der Waals surface area contributed by atoms with Crippen molar-refractivity contribution < 1.29 is 9.53 Å². The Hall–Kier alpha value is -2.21. The third-order valence-corrected chi connectivity index (χ3v) is 3.00. The molecule has 0 aliphatic rings. The molecule has 6 heteroatoms. The Morgan fingerprint density at radius 1 is 1.30 bits per heavy atom. The van der Waals surface area contributed by atoms with Gasteiger partial charge < -0.3 is 9.64 Å². The van der Waals surface area contributed by atoms with Crippen LogP contribution in [0.3, 0.4) is 0 Å². The first-order chi connectivity index (χ1) is 9.77. The Morgan fingerprint density at radius 2 is 2.00 bits per heavy atom. The van der Waals surface area contributed by atoms with Gasteiger partial charge in [-0.15, -0.1) is 0 Å². The summed E-state index contributed by atoms with van der Waals surface area (Å²) < 4.78 is 5.04. The maximum atomic E-state index is 12.6. The third-order valence-electron chi connectivity index (χ3n) is 3.00. The fraction of sp³-hybridized carbons (Fsp3) is 0.357. The van der Waals surface area contributed by atoms with E-state index in [4.69, 9.17) is 4.74 Å². The Morgan fingerprint density at radius 3 is 2.65 bits per heavy atom. The second-order valence-electron chi connectivity index (χ2n) is 4.21. The van der Waals surface area contributed by atoms with E-state index in [1.54, 1.807) is 30.5 Å². The Kier molecular flexibility index (Phi) is 4.84. The van der Waals surface area contributed by atoms with Crippen molar-refractivity contribution in [2.45, 2.75) is 6.92 Å². The summed E-state index contributed by atoms with van der Waals surface area (Å²) in [4.78, 5) is 15.8. The standard InChI is InChI=1S/C14H18N4O2/c1-3-17(10-11-20-2)14(19)12-6-4-5-7-13(12)18-15-8-9-16-18/h4-9H,3,10-11H2,1-2H3. The molecule has 0 saturated carbocycles. The molecule has 2 rings (SSSR count). The predicted octanol–water partition coefficient (Wildman–Crippen LogP) is 1.38. The molecule has 0 aliphatic carbocycles. The van der Waals surface area contributed by atoms with Crippen molar-refractivity contribution in [1.29, 1.82) is 0 Å². The van der Waals surface area contributed by atoms with Gasteiger partial charge in [0.15, 0.2) is 0 Å². The summed E-state index contributed by atoms with van der Waals surface area (Å²) in [6, 6.07) is 7.32. The van der Waals surface area contributed by atoms with Crippen LogP contribution in [-0.4, -0.2) is 52.6 Å². The Balaban J connectivity index is 2.30. The third kappa shape index (κ3) is 3.03. The molecule has 0 bridgehead atoms. The van der Waals surface area contributed by atoms with Gasteiger partial charge in [-0.3, -0.25) is 4.79 Å². The molecular weight excluding hydrogens is 256 g/mol. The van der Waals surface area contributed by atoms with Crippen molar-refractivity contribution in [1.82, 2.24) is 19.9 Å². The molecule has 20 heavy (non-hydrogen) atoms.